The molecule has 2 rings (SSSR count). The van der Waals surface area contributed by atoms with Gasteiger partial charge in [-0.2, -0.15) is 0 Å². The molecule has 1 saturated heterocycles. The smallest absolute Gasteiger partial charge is 0.407 e. The van der Waals surface area contributed by atoms with Crippen LogP contribution >= 0.6 is 0 Å². The standard InChI is InChI=1S/C17H25NO2.C6H9NO2/c1-7-14-13(9-8-10-15(14)12(2)3)11-18-16(19)20-17(4,5)6;1-4-2-3-5(8)7-6(4)9/h8-10H,2,7,11H2,1,3-6H3,(H,18,19);4H,2-3H2,1H3,(H,7,8,9). The van der Waals surface area contributed by atoms with E-state index in [0.29, 0.717) is 19.4 Å². The molecular formula is C23H34N2O4. The molecule has 29 heavy (non-hydrogen) atoms. The molecule has 6 nitrogen and oxygen atoms in total. The number of carbonyl (C=O) groups is 3. The first-order valence-electron chi connectivity index (χ1n) is 10.0. The zero-order valence-electron chi connectivity index (χ0n) is 18.5. The van der Waals surface area contributed by atoms with Crippen molar-refractivity contribution in [3.8, 4) is 0 Å². The molecule has 0 bridgehead atoms. The monoisotopic (exact) mass is 402 g/mol. The maximum atomic E-state index is 11.7. The van der Waals surface area contributed by atoms with Gasteiger partial charge in [0.15, 0.2) is 0 Å². The van der Waals surface area contributed by atoms with Crippen molar-refractivity contribution in [1.29, 1.82) is 0 Å². The molecule has 0 radical (unpaired) electrons. The number of amides is 3. The second kappa shape index (κ2) is 10.8. The molecule has 1 aliphatic heterocycles. The molecule has 1 fully saturated rings. The number of hydrogen-bond acceptors (Lipinski definition) is 4. The molecule has 160 valence electrons. The van der Waals surface area contributed by atoms with E-state index in [4.69, 9.17) is 4.74 Å². The Balaban J connectivity index is 0.000000387. The Morgan fingerprint density at radius 1 is 1.31 bits per heavy atom. The van der Waals surface area contributed by atoms with Crippen molar-refractivity contribution in [1.82, 2.24) is 10.6 Å². The zero-order valence-corrected chi connectivity index (χ0v) is 18.5. The van der Waals surface area contributed by atoms with Gasteiger partial charge >= 0.3 is 6.09 Å². The van der Waals surface area contributed by atoms with Crippen LogP contribution in [0.2, 0.25) is 0 Å². The lowest BCUT2D eigenvalue weighted by atomic mass is 9.95. The predicted octanol–water partition coefficient (Wildman–Crippen LogP) is 4.37. The van der Waals surface area contributed by atoms with Crippen molar-refractivity contribution in [2.75, 3.05) is 0 Å². The van der Waals surface area contributed by atoms with Crippen molar-refractivity contribution < 1.29 is 19.1 Å². The molecule has 3 amide bonds. The first kappa shape index (κ1) is 24.4. The molecule has 1 aliphatic rings. The second-order valence-corrected chi connectivity index (χ2v) is 8.28. The Morgan fingerprint density at radius 2 is 1.97 bits per heavy atom. The normalized spacial score (nSPS) is 16.3. The SMILES string of the molecule is C=C(C)c1cccc(CNC(=O)OC(C)(C)C)c1CC.CC1CCC(=O)NC1=O. The van der Waals surface area contributed by atoms with E-state index in [-0.39, 0.29) is 23.8 Å². The molecule has 0 saturated carbocycles. The summed E-state index contributed by atoms with van der Waals surface area (Å²) < 4.78 is 5.24. The Kier molecular flexibility index (Phi) is 9.08. The van der Waals surface area contributed by atoms with E-state index >= 15 is 0 Å². The summed E-state index contributed by atoms with van der Waals surface area (Å²) in [5, 5.41) is 5.06. The Bertz CT molecular complexity index is 763. The summed E-state index contributed by atoms with van der Waals surface area (Å²) in [7, 11) is 0. The number of nitrogens with one attached hydrogen (secondary N) is 2. The number of alkyl carbamates (subject to hydrolysis) is 1. The number of benzene rings is 1. The van der Waals surface area contributed by atoms with Gasteiger partial charge in [-0.15, -0.1) is 0 Å². The molecule has 1 atom stereocenters. The molecule has 6 heteroatoms. The highest BCUT2D eigenvalue weighted by atomic mass is 16.6. The zero-order chi connectivity index (χ0) is 22.2. The van der Waals surface area contributed by atoms with Crippen LogP contribution in [0.3, 0.4) is 0 Å². The summed E-state index contributed by atoms with van der Waals surface area (Å²) in [6.45, 7) is 16.0. The summed E-state index contributed by atoms with van der Waals surface area (Å²) in [6, 6.07) is 6.09. The van der Waals surface area contributed by atoms with E-state index in [2.05, 4.69) is 30.2 Å². The number of imide groups is 1. The van der Waals surface area contributed by atoms with Gasteiger partial charge in [0.2, 0.25) is 11.8 Å². The highest BCUT2D eigenvalue weighted by Gasteiger charge is 2.21. The molecule has 1 heterocycles. The van der Waals surface area contributed by atoms with Crippen LogP contribution in [0.1, 0.15) is 71.1 Å². The molecule has 1 unspecified atom stereocenters. The average molecular weight is 403 g/mol. The number of ether oxygens (including phenoxy) is 1. The van der Waals surface area contributed by atoms with Crippen LogP contribution in [0.4, 0.5) is 4.79 Å². The van der Waals surface area contributed by atoms with Crippen LogP contribution in [0.15, 0.2) is 24.8 Å². The van der Waals surface area contributed by atoms with E-state index < -0.39 is 5.60 Å². The van der Waals surface area contributed by atoms with E-state index in [1.165, 1.54) is 5.56 Å². The predicted molar refractivity (Wildman–Crippen MR) is 115 cm³/mol. The Morgan fingerprint density at radius 3 is 2.45 bits per heavy atom. The van der Waals surface area contributed by atoms with Crippen molar-refractivity contribution in [3.05, 3.63) is 41.5 Å². The van der Waals surface area contributed by atoms with Gasteiger partial charge in [0.25, 0.3) is 0 Å². The van der Waals surface area contributed by atoms with Gasteiger partial charge in [0, 0.05) is 18.9 Å². The van der Waals surface area contributed by atoms with E-state index in [1.54, 1.807) is 0 Å². The lowest BCUT2D eigenvalue weighted by molar-refractivity contribution is -0.135. The third kappa shape index (κ3) is 8.50. The van der Waals surface area contributed by atoms with Gasteiger partial charge in [-0.05, 0) is 57.2 Å². The number of hydrogen-bond donors (Lipinski definition) is 2. The number of allylic oxidation sites excluding steroid dienone is 1. The average Bonchev–Trinajstić information content (AvgIpc) is 2.62. The summed E-state index contributed by atoms with van der Waals surface area (Å²) in [6.07, 6.45) is 1.71. The third-order valence-corrected chi connectivity index (χ3v) is 4.42. The van der Waals surface area contributed by atoms with Crippen LogP contribution in [0.25, 0.3) is 5.57 Å². The second-order valence-electron chi connectivity index (χ2n) is 8.28. The van der Waals surface area contributed by atoms with Crippen LogP contribution in [-0.2, 0) is 27.3 Å². The maximum absolute atomic E-state index is 11.7. The van der Waals surface area contributed by atoms with Crippen LogP contribution in [0.5, 0.6) is 0 Å². The number of piperidine rings is 1. The van der Waals surface area contributed by atoms with E-state index in [0.717, 1.165) is 23.1 Å². The van der Waals surface area contributed by atoms with Gasteiger partial charge in [-0.1, -0.05) is 44.2 Å². The molecular weight excluding hydrogens is 368 g/mol. The van der Waals surface area contributed by atoms with Gasteiger partial charge in [-0.3, -0.25) is 14.9 Å². The topological polar surface area (TPSA) is 84.5 Å². The van der Waals surface area contributed by atoms with Crippen molar-refractivity contribution in [2.24, 2.45) is 5.92 Å². The fourth-order valence-electron chi connectivity index (χ4n) is 2.90. The molecule has 1 aromatic carbocycles. The molecule has 0 aliphatic carbocycles. The summed E-state index contributed by atoms with van der Waals surface area (Å²) >= 11 is 0. The Hall–Kier alpha value is -2.63. The van der Waals surface area contributed by atoms with Crippen molar-refractivity contribution >= 4 is 23.5 Å². The fourth-order valence-corrected chi connectivity index (χ4v) is 2.90. The first-order valence-corrected chi connectivity index (χ1v) is 10.0. The van der Waals surface area contributed by atoms with Crippen LogP contribution in [-0.4, -0.2) is 23.5 Å². The van der Waals surface area contributed by atoms with E-state index in [1.807, 2.05) is 46.8 Å². The van der Waals surface area contributed by atoms with E-state index in [9.17, 15) is 14.4 Å². The molecule has 1 aromatic rings. The Labute approximate surface area is 174 Å². The lowest BCUT2D eigenvalue weighted by Crippen LogP contribution is -2.39. The highest BCUT2D eigenvalue weighted by Crippen LogP contribution is 2.22. The van der Waals surface area contributed by atoms with Gasteiger partial charge in [-0.25, -0.2) is 4.79 Å². The fraction of sp³-hybridized carbons (Fsp3) is 0.522. The minimum atomic E-state index is -0.475. The lowest BCUT2D eigenvalue weighted by Gasteiger charge is -2.20. The maximum Gasteiger partial charge on any atom is 0.407 e. The van der Waals surface area contributed by atoms with Crippen molar-refractivity contribution in [2.45, 2.75) is 73.0 Å². The van der Waals surface area contributed by atoms with Crippen LogP contribution in [0, 0.1) is 5.92 Å². The summed E-state index contributed by atoms with van der Waals surface area (Å²) in [5.74, 6) is -0.257. The molecule has 2 N–H and O–H groups in total. The largest absolute Gasteiger partial charge is 0.444 e. The highest BCUT2D eigenvalue weighted by molar-refractivity contribution is 5.98. The van der Waals surface area contributed by atoms with Gasteiger partial charge in [0.05, 0.1) is 0 Å². The minimum Gasteiger partial charge on any atom is -0.444 e. The van der Waals surface area contributed by atoms with Crippen LogP contribution < -0.4 is 10.6 Å². The number of rotatable bonds is 4. The summed E-state index contributed by atoms with van der Waals surface area (Å²) in [4.78, 5) is 32.9. The van der Waals surface area contributed by atoms with Gasteiger partial charge in [0.1, 0.15) is 5.60 Å². The molecule has 0 aromatic heterocycles. The van der Waals surface area contributed by atoms with Gasteiger partial charge < -0.3 is 10.1 Å². The van der Waals surface area contributed by atoms with Crippen molar-refractivity contribution in [3.63, 3.8) is 0 Å². The minimum absolute atomic E-state index is 0.0164. The first-order chi connectivity index (χ1) is 13.4. The summed E-state index contributed by atoms with van der Waals surface area (Å²) in [5.41, 5.74) is 4.07. The quantitative estimate of drug-likeness (QED) is 0.733. The third-order valence-electron chi connectivity index (χ3n) is 4.42. The number of carbonyl (C=O) groups excluding carboxylic acids is 3. The molecule has 0 spiro atoms.